The maximum absolute atomic E-state index is 11.9. The second kappa shape index (κ2) is 7.37. The van der Waals surface area contributed by atoms with Gasteiger partial charge in [-0.3, -0.25) is 10.1 Å². The van der Waals surface area contributed by atoms with Gasteiger partial charge in [0.05, 0.1) is 10.5 Å². The van der Waals surface area contributed by atoms with Crippen molar-refractivity contribution in [3.8, 4) is 5.75 Å². The van der Waals surface area contributed by atoms with Crippen molar-refractivity contribution in [1.82, 2.24) is 0 Å². The summed E-state index contributed by atoms with van der Waals surface area (Å²) < 4.78 is 5.05. The SMILES string of the molecule is Cl.NCc1ccc(C(=O)Oc2ccccc2[N+](=O)[O-])cc1. The number of benzene rings is 2. The predicted octanol–water partition coefficient (Wildman–Crippen LogP) is 2.69. The number of carbonyl (C=O) groups excluding carboxylic acids is 1. The van der Waals surface area contributed by atoms with Crippen LogP contribution in [0.4, 0.5) is 5.69 Å². The molecule has 0 spiro atoms. The lowest BCUT2D eigenvalue weighted by atomic mass is 10.1. The van der Waals surface area contributed by atoms with E-state index in [9.17, 15) is 14.9 Å². The molecule has 2 rings (SSSR count). The zero-order valence-electron chi connectivity index (χ0n) is 10.9. The monoisotopic (exact) mass is 308 g/mol. The van der Waals surface area contributed by atoms with Gasteiger partial charge in [0.25, 0.3) is 0 Å². The van der Waals surface area contributed by atoms with E-state index in [1.165, 1.54) is 18.2 Å². The highest BCUT2D eigenvalue weighted by molar-refractivity contribution is 5.91. The number of carbonyl (C=O) groups is 1. The van der Waals surface area contributed by atoms with Crippen molar-refractivity contribution >= 4 is 24.1 Å². The van der Waals surface area contributed by atoms with Crippen LogP contribution in [-0.4, -0.2) is 10.9 Å². The van der Waals surface area contributed by atoms with Gasteiger partial charge >= 0.3 is 11.7 Å². The van der Waals surface area contributed by atoms with Crippen LogP contribution in [0.2, 0.25) is 0 Å². The zero-order chi connectivity index (χ0) is 14.5. The third kappa shape index (κ3) is 4.01. The van der Waals surface area contributed by atoms with Crippen molar-refractivity contribution in [2.45, 2.75) is 6.54 Å². The summed E-state index contributed by atoms with van der Waals surface area (Å²) in [6.45, 7) is 0.374. The summed E-state index contributed by atoms with van der Waals surface area (Å²) in [5.41, 5.74) is 6.40. The largest absolute Gasteiger partial charge is 0.416 e. The Morgan fingerprint density at radius 2 is 1.76 bits per heavy atom. The van der Waals surface area contributed by atoms with Gasteiger partial charge in [0.15, 0.2) is 0 Å². The number of esters is 1. The van der Waals surface area contributed by atoms with E-state index in [1.807, 2.05) is 0 Å². The summed E-state index contributed by atoms with van der Waals surface area (Å²) in [6.07, 6.45) is 0. The van der Waals surface area contributed by atoms with Crippen molar-refractivity contribution in [2.75, 3.05) is 0 Å². The lowest BCUT2D eigenvalue weighted by molar-refractivity contribution is -0.385. The van der Waals surface area contributed by atoms with E-state index in [0.29, 0.717) is 12.1 Å². The van der Waals surface area contributed by atoms with E-state index >= 15 is 0 Å². The number of ether oxygens (including phenoxy) is 1. The minimum absolute atomic E-state index is 0. The summed E-state index contributed by atoms with van der Waals surface area (Å²) >= 11 is 0. The Bertz CT molecular complexity index is 644. The molecule has 0 unspecified atom stereocenters. The molecule has 2 N–H and O–H groups in total. The Labute approximate surface area is 127 Å². The van der Waals surface area contributed by atoms with Crippen molar-refractivity contribution in [3.05, 3.63) is 69.8 Å². The molecule has 6 nitrogen and oxygen atoms in total. The number of para-hydroxylation sites is 2. The van der Waals surface area contributed by atoms with Gasteiger partial charge in [-0.25, -0.2) is 4.79 Å². The Balaban J connectivity index is 0.00000220. The van der Waals surface area contributed by atoms with Crippen LogP contribution < -0.4 is 10.5 Å². The van der Waals surface area contributed by atoms with Crippen molar-refractivity contribution in [2.24, 2.45) is 5.73 Å². The molecule has 0 bridgehead atoms. The topological polar surface area (TPSA) is 95.5 Å². The first-order chi connectivity index (χ1) is 9.61. The molecule has 0 aromatic heterocycles. The first kappa shape index (κ1) is 16.6. The smallest absolute Gasteiger partial charge is 0.343 e. The maximum atomic E-state index is 11.9. The summed E-state index contributed by atoms with van der Waals surface area (Å²) in [5.74, 6) is -0.728. The van der Waals surface area contributed by atoms with Gasteiger partial charge in [0, 0.05) is 12.6 Å². The molecule has 21 heavy (non-hydrogen) atoms. The molecule has 0 fully saturated rings. The molecular formula is C14H13ClN2O4. The second-order valence-corrected chi connectivity index (χ2v) is 4.02. The first-order valence-electron chi connectivity index (χ1n) is 5.86. The quantitative estimate of drug-likeness (QED) is 0.405. The molecular weight excluding hydrogens is 296 g/mol. The standard InChI is InChI=1S/C14H12N2O4.ClH/c15-9-10-5-7-11(8-6-10)14(17)20-13-4-2-1-3-12(13)16(18)19;/h1-8H,9,15H2;1H. The lowest BCUT2D eigenvalue weighted by Crippen LogP contribution is -2.10. The Morgan fingerprint density at radius 1 is 1.14 bits per heavy atom. The number of hydrogen-bond donors (Lipinski definition) is 1. The van der Waals surface area contributed by atoms with E-state index in [-0.39, 0.29) is 23.8 Å². The predicted molar refractivity (Wildman–Crippen MR) is 79.6 cm³/mol. The Hall–Kier alpha value is -2.44. The third-order valence-electron chi connectivity index (χ3n) is 2.69. The van der Waals surface area contributed by atoms with E-state index in [1.54, 1.807) is 30.3 Å². The highest BCUT2D eigenvalue weighted by Crippen LogP contribution is 2.26. The molecule has 0 aliphatic carbocycles. The molecule has 0 heterocycles. The van der Waals surface area contributed by atoms with Gasteiger partial charge in [-0.2, -0.15) is 0 Å². The van der Waals surface area contributed by atoms with Gasteiger partial charge in [-0.15, -0.1) is 12.4 Å². The Morgan fingerprint density at radius 3 is 2.33 bits per heavy atom. The van der Waals surface area contributed by atoms with Crippen LogP contribution >= 0.6 is 12.4 Å². The number of nitro groups is 1. The summed E-state index contributed by atoms with van der Waals surface area (Å²) in [7, 11) is 0. The fourth-order valence-electron chi connectivity index (χ4n) is 1.63. The summed E-state index contributed by atoms with van der Waals surface area (Å²) in [4.78, 5) is 22.1. The van der Waals surface area contributed by atoms with Crippen molar-refractivity contribution < 1.29 is 14.5 Å². The van der Waals surface area contributed by atoms with Crippen LogP contribution in [0.3, 0.4) is 0 Å². The fourth-order valence-corrected chi connectivity index (χ4v) is 1.63. The lowest BCUT2D eigenvalue weighted by Gasteiger charge is -2.05. The van der Waals surface area contributed by atoms with E-state index in [0.717, 1.165) is 5.56 Å². The number of halogens is 1. The molecule has 7 heteroatoms. The van der Waals surface area contributed by atoms with Crippen LogP contribution in [0, 0.1) is 10.1 Å². The van der Waals surface area contributed by atoms with Crippen molar-refractivity contribution in [3.63, 3.8) is 0 Å². The van der Waals surface area contributed by atoms with Crippen LogP contribution in [0.1, 0.15) is 15.9 Å². The van der Waals surface area contributed by atoms with Crippen molar-refractivity contribution in [1.29, 1.82) is 0 Å². The molecule has 2 aromatic carbocycles. The number of nitrogens with zero attached hydrogens (tertiary/aromatic N) is 1. The number of hydrogen-bond acceptors (Lipinski definition) is 5. The van der Waals surface area contributed by atoms with Gasteiger partial charge in [0.2, 0.25) is 5.75 Å². The molecule has 0 saturated heterocycles. The van der Waals surface area contributed by atoms with Crippen LogP contribution in [-0.2, 0) is 6.54 Å². The molecule has 0 aliphatic rings. The van der Waals surface area contributed by atoms with E-state index in [4.69, 9.17) is 10.5 Å². The molecule has 0 saturated carbocycles. The molecule has 0 radical (unpaired) electrons. The number of nitro benzene ring substituents is 1. The second-order valence-electron chi connectivity index (χ2n) is 4.02. The molecule has 2 aromatic rings. The number of nitrogens with two attached hydrogens (primary N) is 1. The Kier molecular flexibility index (Phi) is 5.83. The van der Waals surface area contributed by atoms with Gasteiger partial charge in [-0.1, -0.05) is 24.3 Å². The van der Waals surface area contributed by atoms with Gasteiger partial charge < -0.3 is 10.5 Å². The van der Waals surface area contributed by atoms with E-state index < -0.39 is 10.9 Å². The van der Waals surface area contributed by atoms with Crippen LogP contribution in [0.5, 0.6) is 5.75 Å². The third-order valence-corrected chi connectivity index (χ3v) is 2.69. The average molecular weight is 309 g/mol. The maximum Gasteiger partial charge on any atom is 0.343 e. The highest BCUT2D eigenvalue weighted by atomic mass is 35.5. The molecule has 110 valence electrons. The zero-order valence-corrected chi connectivity index (χ0v) is 11.7. The van der Waals surface area contributed by atoms with Gasteiger partial charge in [-0.05, 0) is 23.8 Å². The van der Waals surface area contributed by atoms with Crippen LogP contribution in [0.25, 0.3) is 0 Å². The molecule has 0 amide bonds. The fraction of sp³-hybridized carbons (Fsp3) is 0.0714. The molecule has 0 aliphatic heterocycles. The van der Waals surface area contributed by atoms with Crippen LogP contribution in [0.15, 0.2) is 48.5 Å². The highest BCUT2D eigenvalue weighted by Gasteiger charge is 2.17. The minimum Gasteiger partial charge on any atom is -0.416 e. The van der Waals surface area contributed by atoms with E-state index in [2.05, 4.69) is 0 Å². The van der Waals surface area contributed by atoms with Gasteiger partial charge in [0.1, 0.15) is 0 Å². The normalized spacial score (nSPS) is 9.57. The first-order valence-corrected chi connectivity index (χ1v) is 5.86. The molecule has 0 atom stereocenters. The summed E-state index contributed by atoms with van der Waals surface area (Å²) in [5, 5.41) is 10.8. The summed E-state index contributed by atoms with van der Waals surface area (Å²) in [6, 6.07) is 12.3. The average Bonchev–Trinajstić information content (AvgIpc) is 2.47. The number of rotatable bonds is 4. The minimum atomic E-state index is -0.650.